The van der Waals surface area contributed by atoms with Gasteiger partial charge in [-0.25, -0.2) is 0 Å². The molecule has 1 heterocycles. The molecule has 5 nitrogen and oxygen atoms in total. The monoisotopic (exact) mass is 450 g/mol. The smallest absolute Gasteiger partial charge is 0.251 e. The molecule has 0 radical (unpaired) electrons. The van der Waals surface area contributed by atoms with Gasteiger partial charge in [-0.3, -0.25) is 14.4 Å². The zero-order valence-electron chi connectivity index (χ0n) is 19.4. The van der Waals surface area contributed by atoms with Gasteiger partial charge in [0.1, 0.15) is 11.7 Å². The van der Waals surface area contributed by atoms with Crippen molar-refractivity contribution < 1.29 is 14.4 Å². The molecule has 1 aromatic rings. The SMILES string of the molecule is C1CCCCC1.CC.CC(=O)CNC(=O)c1cccc(C2CCCN(C(=O)CCl)C2)c1. The first-order chi connectivity index (χ1) is 15.0. The minimum absolute atomic E-state index is 0.000210. The first kappa shape index (κ1) is 27.2. The zero-order valence-corrected chi connectivity index (χ0v) is 20.2. The second-order valence-electron chi connectivity index (χ2n) is 7.94. The van der Waals surface area contributed by atoms with Crippen LogP contribution in [0.2, 0.25) is 0 Å². The Hall–Kier alpha value is -1.88. The standard InChI is InChI=1S/C17H21ClN2O3.C6H12.C2H6/c1-12(21)10-19-17(23)14-5-2-4-13(8-14)15-6-3-7-20(11-15)16(22)9-18;1-2-4-6-5-3-1;1-2/h2,4-5,8,15H,3,6-7,9-11H2,1H3,(H,19,23);1-6H2;1-2H3. The Balaban J connectivity index is 0.000000508. The third-order valence-corrected chi connectivity index (χ3v) is 5.74. The summed E-state index contributed by atoms with van der Waals surface area (Å²) in [4.78, 5) is 36.6. The van der Waals surface area contributed by atoms with Crippen LogP contribution in [0.5, 0.6) is 0 Å². The van der Waals surface area contributed by atoms with Crippen molar-refractivity contribution in [1.29, 1.82) is 0 Å². The highest BCUT2D eigenvalue weighted by atomic mass is 35.5. The van der Waals surface area contributed by atoms with E-state index < -0.39 is 0 Å². The number of rotatable bonds is 5. The first-order valence-corrected chi connectivity index (χ1v) is 12.3. The van der Waals surface area contributed by atoms with Crippen LogP contribution in [0.4, 0.5) is 0 Å². The van der Waals surface area contributed by atoms with Gasteiger partial charge in [-0.15, -0.1) is 11.6 Å². The minimum atomic E-state index is -0.258. The van der Waals surface area contributed by atoms with E-state index in [9.17, 15) is 14.4 Å². The van der Waals surface area contributed by atoms with Crippen molar-refractivity contribution in [3.05, 3.63) is 35.4 Å². The lowest BCUT2D eigenvalue weighted by molar-refractivity contribution is -0.129. The van der Waals surface area contributed by atoms with Crippen LogP contribution in [0, 0.1) is 0 Å². The molecule has 2 amide bonds. The van der Waals surface area contributed by atoms with Gasteiger partial charge in [0, 0.05) is 24.6 Å². The van der Waals surface area contributed by atoms with Crippen LogP contribution < -0.4 is 5.32 Å². The zero-order chi connectivity index (χ0) is 23.1. The number of hydrogen-bond acceptors (Lipinski definition) is 3. The summed E-state index contributed by atoms with van der Waals surface area (Å²) in [6.45, 7) is 6.83. The molecule has 1 aliphatic carbocycles. The van der Waals surface area contributed by atoms with Crippen molar-refractivity contribution in [2.45, 2.75) is 78.1 Å². The molecular weight excluding hydrogens is 412 g/mol. The number of likely N-dealkylation sites (tertiary alicyclic amines) is 1. The number of hydrogen-bond donors (Lipinski definition) is 1. The molecule has 3 rings (SSSR count). The van der Waals surface area contributed by atoms with Gasteiger partial charge >= 0.3 is 0 Å². The number of amides is 2. The summed E-state index contributed by atoms with van der Waals surface area (Å²) < 4.78 is 0. The molecule has 0 aromatic heterocycles. The maximum absolute atomic E-state index is 12.1. The molecule has 31 heavy (non-hydrogen) atoms. The normalized spacial score (nSPS) is 17.9. The largest absolute Gasteiger partial charge is 0.345 e. The van der Waals surface area contributed by atoms with Crippen LogP contribution >= 0.6 is 11.6 Å². The number of nitrogens with zero attached hydrogens (tertiary/aromatic N) is 1. The number of piperidine rings is 1. The Labute approximate surface area is 192 Å². The van der Waals surface area contributed by atoms with Crippen LogP contribution in [-0.2, 0) is 9.59 Å². The van der Waals surface area contributed by atoms with Crippen molar-refractivity contribution in [1.82, 2.24) is 10.2 Å². The second kappa shape index (κ2) is 15.9. The van der Waals surface area contributed by atoms with Crippen LogP contribution in [0.25, 0.3) is 0 Å². The lowest BCUT2D eigenvalue weighted by atomic mass is 9.89. The molecule has 1 saturated carbocycles. The maximum atomic E-state index is 12.1. The molecule has 1 N–H and O–H groups in total. The second-order valence-corrected chi connectivity index (χ2v) is 8.21. The summed E-state index contributed by atoms with van der Waals surface area (Å²) in [6.07, 6.45) is 10.9. The third-order valence-electron chi connectivity index (χ3n) is 5.51. The van der Waals surface area contributed by atoms with Gasteiger partial charge in [-0.1, -0.05) is 64.5 Å². The fraction of sp³-hybridized carbons (Fsp3) is 0.640. The number of alkyl halides is 1. The maximum Gasteiger partial charge on any atom is 0.251 e. The van der Waals surface area contributed by atoms with Crippen molar-refractivity contribution in [3.63, 3.8) is 0 Å². The van der Waals surface area contributed by atoms with Gasteiger partial charge < -0.3 is 10.2 Å². The highest BCUT2D eigenvalue weighted by Crippen LogP contribution is 2.27. The number of ketones is 1. The van der Waals surface area contributed by atoms with Crippen molar-refractivity contribution in [2.24, 2.45) is 0 Å². The predicted molar refractivity (Wildman–Crippen MR) is 128 cm³/mol. The number of nitrogens with one attached hydrogen (secondary N) is 1. The Bertz CT molecular complexity index is 678. The van der Waals surface area contributed by atoms with Crippen LogP contribution in [0.3, 0.4) is 0 Å². The summed E-state index contributed by atoms with van der Waals surface area (Å²) in [7, 11) is 0. The van der Waals surface area contributed by atoms with Crippen molar-refractivity contribution in [3.8, 4) is 0 Å². The highest BCUT2D eigenvalue weighted by Gasteiger charge is 2.24. The molecule has 1 saturated heterocycles. The molecule has 1 unspecified atom stereocenters. The molecule has 0 spiro atoms. The lowest BCUT2D eigenvalue weighted by Crippen LogP contribution is -2.39. The molecule has 174 valence electrons. The summed E-state index contributed by atoms with van der Waals surface area (Å²) in [5.74, 6) is -0.188. The van der Waals surface area contributed by atoms with E-state index in [1.165, 1.54) is 45.4 Å². The van der Waals surface area contributed by atoms with E-state index in [2.05, 4.69) is 5.32 Å². The van der Waals surface area contributed by atoms with Crippen molar-refractivity contribution in [2.75, 3.05) is 25.5 Å². The number of carbonyl (C=O) groups excluding carboxylic acids is 3. The topological polar surface area (TPSA) is 66.5 Å². The summed E-state index contributed by atoms with van der Waals surface area (Å²) >= 11 is 5.63. The number of benzene rings is 1. The molecule has 1 aromatic carbocycles. The Morgan fingerprint density at radius 2 is 1.65 bits per heavy atom. The lowest BCUT2D eigenvalue weighted by Gasteiger charge is -2.32. The summed E-state index contributed by atoms with van der Waals surface area (Å²) in [6, 6.07) is 7.37. The predicted octanol–water partition coefficient (Wildman–Crippen LogP) is 5.32. The van der Waals surface area contributed by atoms with E-state index >= 15 is 0 Å². The van der Waals surface area contributed by atoms with Gasteiger partial charge in [0.25, 0.3) is 5.91 Å². The van der Waals surface area contributed by atoms with Crippen LogP contribution in [0.1, 0.15) is 94.0 Å². The molecule has 2 aliphatic rings. The van der Waals surface area contributed by atoms with E-state index in [1.807, 2.05) is 32.0 Å². The molecule has 1 atom stereocenters. The number of halogens is 1. The van der Waals surface area contributed by atoms with E-state index in [0.717, 1.165) is 24.9 Å². The van der Waals surface area contributed by atoms with E-state index in [4.69, 9.17) is 11.6 Å². The average molecular weight is 451 g/mol. The van der Waals surface area contributed by atoms with Gasteiger partial charge in [0.15, 0.2) is 0 Å². The Morgan fingerprint density at radius 1 is 1.03 bits per heavy atom. The Morgan fingerprint density at radius 3 is 2.19 bits per heavy atom. The molecule has 2 fully saturated rings. The van der Waals surface area contributed by atoms with Crippen LogP contribution in [0.15, 0.2) is 24.3 Å². The van der Waals surface area contributed by atoms with Gasteiger partial charge in [0.2, 0.25) is 5.91 Å². The number of Topliss-reactive ketones (excluding diaryl/α,β-unsaturated/α-hetero) is 1. The Kier molecular flexibility index (Phi) is 13.9. The van der Waals surface area contributed by atoms with Crippen LogP contribution in [-0.4, -0.2) is 48.0 Å². The molecular formula is C25H39ClN2O3. The summed E-state index contributed by atoms with van der Waals surface area (Å²) in [5, 5.41) is 2.59. The molecule has 0 bridgehead atoms. The van der Waals surface area contributed by atoms with Gasteiger partial charge in [-0.05, 0) is 37.5 Å². The molecule has 1 aliphatic heterocycles. The highest BCUT2D eigenvalue weighted by molar-refractivity contribution is 6.27. The van der Waals surface area contributed by atoms with E-state index in [0.29, 0.717) is 12.1 Å². The van der Waals surface area contributed by atoms with Gasteiger partial charge in [0.05, 0.1) is 6.54 Å². The van der Waals surface area contributed by atoms with E-state index in [-0.39, 0.29) is 35.9 Å². The quantitative estimate of drug-likeness (QED) is 0.617. The third kappa shape index (κ3) is 10.3. The summed E-state index contributed by atoms with van der Waals surface area (Å²) in [5.41, 5.74) is 1.57. The fourth-order valence-electron chi connectivity index (χ4n) is 3.86. The van der Waals surface area contributed by atoms with Gasteiger partial charge in [-0.2, -0.15) is 0 Å². The fourth-order valence-corrected chi connectivity index (χ4v) is 4.03. The van der Waals surface area contributed by atoms with E-state index in [1.54, 1.807) is 11.0 Å². The number of carbonyl (C=O) groups is 3. The average Bonchev–Trinajstić information content (AvgIpc) is 2.85. The van der Waals surface area contributed by atoms with Crippen molar-refractivity contribution >= 4 is 29.2 Å². The minimum Gasteiger partial charge on any atom is -0.345 e. The molecule has 6 heteroatoms. The first-order valence-electron chi connectivity index (χ1n) is 11.7.